The molecule has 0 aliphatic heterocycles. The van der Waals surface area contributed by atoms with E-state index in [0.717, 1.165) is 17.7 Å². The van der Waals surface area contributed by atoms with Crippen molar-refractivity contribution in [3.05, 3.63) is 35.4 Å². The van der Waals surface area contributed by atoms with Crippen LogP contribution in [0.25, 0.3) is 0 Å². The summed E-state index contributed by atoms with van der Waals surface area (Å²) in [4.78, 5) is 17.1. The minimum Gasteiger partial charge on any atom is -0.320 e. The van der Waals surface area contributed by atoms with E-state index >= 15 is 0 Å². The first-order valence-corrected chi connectivity index (χ1v) is 6.31. The standard InChI is InChI=1S/C10H13F2O3P/c1-7(2)8-3-5-9(6-4-8)10(11,12)16(13,14)15/h3-7H,1-2H3,(H2,13,14,15). The van der Waals surface area contributed by atoms with E-state index in [1.807, 2.05) is 13.8 Å². The van der Waals surface area contributed by atoms with E-state index in [-0.39, 0.29) is 5.92 Å². The smallest absolute Gasteiger partial charge is 0.320 e. The van der Waals surface area contributed by atoms with Gasteiger partial charge in [0.05, 0.1) is 0 Å². The Morgan fingerprint density at radius 2 is 1.62 bits per heavy atom. The van der Waals surface area contributed by atoms with Crippen LogP contribution in [0, 0.1) is 0 Å². The van der Waals surface area contributed by atoms with Crippen molar-refractivity contribution in [2.45, 2.75) is 25.4 Å². The first-order chi connectivity index (χ1) is 7.16. The van der Waals surface area contributed by atoms with Gasteiger partial charge < -0.3 is 9.79 Å². The summed E-state index contributed by atoms with van der Waals surface area (Å²) in [5.74, 6) is 0.178. The van der Waals surface area contributed by atoms with Gasteiger partial charge in [0.2, 0.25) is 0 Å². The van der Waals surface area contributed by atoms with Gasteiger partial charge in [0.1, 0.15) is 0 Å². The van der Waals surface area contributed by atoms with Gasteiger partial charge in [0.25, 0.3) is 0 Å². The lowest BCUT2D eigenvalue weighted by Crippen LogP contribution is -2.13. The van der Waals surface area contributed by atoms with E-state index < -0.39 is 18.8 Å². The molecule has 0 radical (unpaired) electrons. The molecule has 1 aromatic carbocycles. The second-order valence-corrected chi connectivity index (χ2v) is 5.51. The molecule has 0 amide bonds. The van der Waals surface area contributed by atoms with E-state index in [2.05, 4.69) is 0 Å². The normalized spacial score (nSPS) is 13.2. The Labute approximate surface area is 92.3 Å². The fourth-order valence-electron chi connectivity index (χ4n) is 1.24. The van der Waals surface area contributed by atoms with Gasteiger partial charge in [0, 0.05) is 5.56 Å². The van der Waals surface area contributed by atoms with Gasteiger partial charge in [-0.1, -0.05) is 38.1 Å². The summed E-state index contributed by atoms with van der Waals surface area (Å²) >= 11 is 0. The molecule has 1 aromatic rings. The molecule has 0 saturated heterocycles. The molecular weight excluding hydrogens is 237 g/mol. The number of halogens is 2. The Kier molecular flexibility index (Phi) is 3.53. The fraction of sp³-hybridized carbons (Fsp3) is 0.400. The zero-order chi connectivity index (χ0) is 12.6. The lowest BCUT2D eigenvalue weighted by Gasteiger charge is -2.18. The third-order valence-electron chi connectivity index (χ3n) is 2.29. The van der Waals surface area contributed by atoms with Crippen LogP contribution in [0.15, 0.2) is 24.3 Å². The maximum absolute atomic E-state index is 13.2. The van der Waals surface area contributed by atoms with Crippen LogP contribution in [0.1, 0.15) is 30.9 Å². The van der Waals surface area contributed by atoms with Crippen LogP contribution in [-0.4, -0.2) is 9.79 Å². The molecule has 0 fully saturated rings. The predicted octanol–water partition coefficient (Wildman–Crippen LogP) is 3.04. The van der Waals surface area contributed by atoms with Crippen molar-refractivity contribution in [2.75, 3.05) is 0 Å². The van der Waals surface area contributed by atoms with Gasteiger partial charge >= 0.3 is 13.3 Å². The molecule has 2 N–H and O–H groups in total. The van der Waals surface area contributed by atoms with Crippen molar-refractivity contribution in [1.29, 1.82) is 0 Å². The molecular formula is C10H13F2O3P. The molecule has 0 heterocycles. The Morgan fingerprint density at radius 1 is 1.19 bits per heavy atom. The van der Waals surface area contributed by atoms with Crippen LogP contribution in [0.2, 0.25) is 0 Å². The lowest BCUT2D eigenvalue weighted by molar-refractivity contribution is 0.0564. The van der Waals surface area contributed by atoms with Crippen LogP contribution >= 0.6 is 7.60 Å². The highest BCUT2D eigenvalue weighted by atomic mass is 31.2. The molecule has 0 aliphatic carbocycles. The highest BCUT2D eigenvalue weighted by Crippen LogP contribution is 2.59. The molecule has 90 valence electrons. The Balaban J connectivity index is 3.12. The fourth-order valence-corrected chi connectivity index (χ4v) is 1.72. The molecule has 0 unspecified atom stereocenters. The summed E-state index contributed by atoms with van der Waals surface area (Å²) in [6, 6.07) is 5.00. The highest BCUT2D eigenvalue weighted by molar-refractivity contribution is 7.52. The highest BCUT2D eigenvalue weighted by Gasteiger charge is 2.50. The number of rotatable bonds is 3. The van der Waals surface area contributed by atoms with Crippen molar-refractivity contribution < 1.29 is 23.1 Å². The third kappa shape index (κ3) is 2.48. The van der Waals surface area contributed by atoms with Gasteiger partial charge in [-0.2, -0.15) is 8.78 Å². The molecule has 0 aliphatic rings. The largest absolute Gasteiger partial charge is 0.399 e. The number of hydrogen-bond acceptors (Lipinski definition) is 1. The number of alkyl halides is 2. The monoisotopic (exact) mass is 250 g/mol. The quantitative estimate of drug-likeness (QED) is 0.810. The average Bonchev–Trinajstić information content (AvgIpc) is 2.16. The molecule has 0 bridgehead atoms. The summed E-state index contributed by atoms with van der Waals surface area (Å²) in [7, 11) is -5.46. The molecule has 0 atom stereocenters. The number of hydrogen-bond donors (Lipinski definition) is 2. The van der Waals surface area contributed by atoms with Crippen LogP contribution < -0.4 is 0 Å². The van der Waals surface area contributed by atoms with Gasteiger partial charge in [-0.05, 0) is 11.5 Å². The molecule has 0 spiro atoms. The summed E-state index contributed by atoms with van der Waals surface area (Å²) in [6.45, 7) is 3.80. The van der Waals surface area contributed by atoms with Crippen molar-refractivity contribution in [2.24, 2.45) is 0 Å². The van der Waals surface area contributed by atoms with Crippen molar-refractivity contribution >= 4 is 7.60 Å². The third-order valence-corrected chi connectivity index (χ3v) is 3.28. The van der Waals surface area contributed by atoms with Crippen molar-refractivity contribution in [3.63, 3.8) is 0 Å². The SMILES string of the molecule is CC(C)c1ccc(C(F)(F)P(=O)(O)O)cc1. The Bertz CT molecular complexity index is 409. The Hall–Kier alpha value is -0.770. The van der Waals surface area contributed by atoms with Gasteiger partial charge in [0.15, 0.2) is 0 Å². The minimum atomic E-state index is -5.46. The van der Waals surface area contributed by atoms with Crippen molar-refractivity contribution in [3.8, 4) is 0 Å². The molecule has 3 nitrogen and oxygen atoms in total. The van der Waals surface area contributed by atoms with Crippen LogP contribution in [0.3, 0.4) is 0 Å². The zero-order valence-electron chi connectivity index (χ0n) is 8.89. The average molecular weight is 250 g/mol. The molecule has 0 aromatic heterocycles. The summed E-state index contributed by atoms with van der Waals surface area (Å²) in [6.07, 6.45) is 0. The van der Waals surface area contributed by atoms with E-state index in [9.17, 15) is 13.3 Å². The number of benzene rings is 1. The summed E-state index contributed by atoms with van der Waals surface area (Å²) in [5, 5.41) is 0. The Morgan fingerprint density at radius 3 is 1.94 bits per heavy atom. The zero-order valence-corrected chi connectivity index (χ0v) is 9.79. The van der Waals surface area contributed by atoms with E-state index in [1.54, 1.807) is 0 Å². The predicted molar refractivity (Wildman–Crippen MR) is 56.5 cm³/mol. The van der Waals surface area contributed by atoms with Gasteiger partial charge in [-0.25, -0.2) is 0 Å². The van der Waals surface area contributed by atoms with Gasteiger partial charge in [-0.15, -0.1) is 0 Å². The van der Waals surface area contributed by atoms with Crippen LogP contribution in [-0.2, 0) is 10.2 Å². The summed E-state index contributed by atoms with van der Waals surface area (Å²) in [5.41, 5.74) is -3.95. The van der Waals surface area contributed by atoms with Crippen molar-refractivity contribution in [1.82, 2.24) is 0 Å². The molecule has 1 rings (SSSR count). The van der Waals surface area contributed by atoms with E-state index in [4.69, 9.17) is 9.79 Å². The second kappa shape index (κ2) is 4.24. The van der Waals surface area contributed by atoms with Crippen LogP contribution in [0.4, 0.5) is 8.78 Å². The van der Waals surface area contributed by atoms with Gasteiger partial charge in [-0.3, -0.25) is 4.57 Å². The van der Waals surface area contributed by atoms with E-state index in [0.29, 0.717) is 0 Å². The van der Waals surface area contributed by atoms with Crippen LogP contribution in [0.5, 0.6) is 0 Å². The molecule has 6 heteroatoms. The topological polar surface area (TPSA) is 57.5 Å². The summed E-state index contributed by atoms with van der Waals surface area (Å²) < 4.78 is 37.1. The lowest BCUT2D eigenvalue weighted by atomic mass is 10.0. The maximum atomic E-state index is 13.2. The molecule has 16 heavy (non-hydrogen) atoms. The van der Waals surface area contributed by atoms with E-state index in [1.165, 1.54) is 12.1 Å². The first kappa shape index (κ1) is 13.3. The first-order valence-electron chi connectivity index (χ1n) is 4.70. The molecule has 0 saturated carbocycles. The second-order valence-electron chi connectivity index (χ2n) is 3.86. The maximum Gasteiger partial charge on any atom is 0.399 e. The minimum absolute atomic E-state index is 0.178.